The summed E-state index contributed by atoms with van der Waals surface area (Å²) >= 11 is 2.03. The highest BCUT2D eigenvalue weighted by Crippen LogP contribution is 2.21. The molecule has 2 aromatic heterocycles. The van der Waals surface area contributed by atoms with Crippen molar-refractivity contribution in [3.05, 3.63) is 50.2 Å². The minimum atomic E-state index is -0.0362. The molecular formula is C11H9IN2O. The number of aromatic amines is 1. The predicted octanol–water partition coefficient (Wildman–Crippen LogP) is 2.35. The van der Waals surface area contributed by atoms with Crippen LogP contribution in [0.1, 0.15) is 5.69 Å². The first-order valence-electron chi connectivity index (χ1n) is 4.48. The third-order valence-corrected chi connectivity index (χ3v) is 2.99. The van der Waals surface area contributed by atoms with E-state index in [9.17, 15) is 4.79 Å². The Morgan fingerprint density at radius 1 is 1.33 bits per heavy atom. The number of rotatable bonds is 1. The number of aryl methyl sites for hydroxylation is 1. The van der Waals surface area contributed by atoms with E-state index in [0.717, 1.165) is 16.8 Å². The normalized spacial score (nSPS) is 10.3. The lowest BCUT2D eigenvalue weighted by molar-refractivity contribution is 1.13. The van der Waals surface area contributed by atoms with Crippen LogP contribution in [-0.2, 0) is 0 Å². The van der Waals surface area contributed by atoms with E-state index < -0.39 is 0 Å². The molecule has 0 bridgehead atoms. The fourth-order valence-corrected chi connectivity index (χ4v) is 1.88. The van der Waals surface area contributed by atoms with Gasteiger partial charge >= 0.3 is 0 Å². The van der Waals surface area contributed by atoms with Crippen LogP contribution in [0.25, 0.3) is 11.1 Å². The van der Waals surface area contributed by atoms with Crippen LogP contribution in [0.5, 0.6) is 0 Å². The van der Waals surface area contributed by atoms with Crippen molar-refractivity contribution < 1.29 is 0 Å². The van der Waals surface area contributed by atoms with Crippen LogP contribution in [0.4, 0.5) is 0 Å². The summed E-state index contributed by atoms with van der Waals surface area (Å²) in [5, 5.41) is 0. The van der Waals surface area contributed by atoms with Gasteiger partial charge in [-0.25, -0.2) is 0 Å². The van der Waals surface area contributed by atoms with Crippen molar-refractivity contribution in [3.63, 3.8) is 0 Å². The topological polar surface area (TPSA) is 45.8 Å². The molecule has 0 aliphatic heterocycles. The van der Waals surface area contributed by atoms with Gasteiger partial charge in [0.25, 0.3) is 5.56 Å². The van der Waals surface area contributed by atoms with Gasteiger partial charge in [-0.2, -0.15) is 0 Å². The van der Waals surface area contributed by atoms with Crippen LogP contribution in [0.2, 0.25) is 0 Å². The van der Waals surface area contributed by atoms with Crippen LogP contribution >= 0.6 is 22.6 Å². The lowest BCUT2D eigenvalue weighted by Gasteiger charge is -2.05. The number of pyridine rings is 2. The summed E-state index contributed by atoms with van der Waals surface area (Å²) < 4.78 is 0.699. The molecule has 2 rings (SSSR count). The molecule has 0 atom stereocenters. The summed E-state index contributed by atoms with van der Waals surface area (Å²) in [6.45, 7) is 1.90. The Morgan fingerprint density at radius 3 is 2.67 bits per heavy atom. The highest BCUT2D eigenvalue weighted by atomic mass is 127. The molecule has 0 aliphatic rings. The summed E-state index contributed by atoms with van der Waals surface area (Å²) in [5.41, 5.74) is 2.95. The number of nitrogens with one attached hydrogen (secondary N) is 1. The van der Waals surface area contributed by atoms with Crippen LogP contribution in [0.3, 0.4) is 0 Å². The first-order chi connectivity index (χ1) is 7.18. The van der Waals surface area contributed by atoms with Crippen molar-refractivity contribution in [2.75, 3.05) is 0 Å². The van der Waals surface area contributed by atoms with E-state index in [0.29, 0.717) is 3.57 Å². The Hall–Kier alpha value is -1.17. The molecule has 2 aromatic rings. The zero-order valence-corrected chi connectivity index (χ0v) is 10.3. The molecule has 76 valence electrons. The first kappa shape index (κ1) is 10.4. The smallest absolute Gasteiger partial charge is 0.261 e. The first-order valence-corrected chi connectivity index (χ1v) is 5.56. The fraction of sp³-hybridized carbons (Fsp3) is 0.0909. The Kier molecular flexibility index (Phi) is 2.86. The van der Waals surface area contributed by atoms with E-state index in [4.69, 9.17) is 0 Å². The molecule has 1 N–H and O–H groups in total. The predicted molar refractivity (Wildman–Crippen MR) is 67.7 cm³/mol. The van der Waals surface area contributed by atoms with Gasteiger partial charge in [0.1, 0.15) is 0 Å². The molecular weight excluding hydrogens is 303 g/mol. The van der Waals surface area contributed by atoms with Gasteiger partial charge in [0.05, 0.1) is 3.57 Å². The van der Waals surface area contributed by atoms with Crippen LogP contribution in [0.15, 0.2) is 35.4 Å². The molecule has 2 heterocycles. The fourth-order valence-electron chi connectivity index (χ4n) is 1.43. The summed E-state index contributed by atoms with van der Waals surface area (Å²) in [5.74, 6) is 0. The molecule has 0 amide bonds. The second-order valence-corrected chi connectivity index (χ2v) is 4.38. The van der Waals surface area contributed by atoms with E-state index in [1.807, 2.05) is 47.7 Å². The Bertz CT molecular complexity index is 534. The molecule has 0 spiro atoms. The molecule has 4 heteroatoms. The van der Waals surface area contributed by atoms with Crippen molar-refractivity contribution in [1.82, 2.24) is 9.97 Å². The van der Waals surface area contributed by atoms with Gasteiger partial charge in [-0.15, -0.1) is 0 Å². The van der Waals surface area contributed by atoms with E-state index in [2.05, 4.69) is 9.97 Å². The average molecular weight is 312 g/mol. The summed E-state index contributed by atoms with van der Waals surface area (Å²) in [6.07, 6.45) is 3.49. The number of hydrogen-bond acceptors (Lipinski definition) is 2. The number of aromatic nitrogens is 2. The maximum absolute atomic E-state index is 11.3. The van der Waals surface area contributed by atoms with Crippen LogP contribution < -0.4 is 5.56 Å². The van der Waals surface area contributed by atoms with Crippen molar-refractivity contribution in [3.8, 4) is 11.1 Å². The molecule has 0 saturated carbocycles. The van der Waals surface area contributed by atoms with E-state index in [-0.39, 0.29) is 5.56 Å². The zero-order chi connectivity index (χ0) is 10.8. The van der Waals surface area contributed by atoms with Crippen molar-refractivity contribution in [2.45, 2.75) is 6.92 Å². The van der Waals surface area contributed by atoms with E-state index in [1.165, 1.54) is 0 Å². The molecule has 0 unspecified atom stereocenters. The number of H-pyrrole nitrogens is 1. The maximum Gasteiger partial charge on any atom is 0.261 e. The molecule has 0 aromatic carbocycles. The zero-order valence-electron chi connectivity index (χ0n) is 8.12. The second kappa shape index (κ2) is 4.14. The molecule has 15 heavy (non-hydrogen) atoms. The van der Waals surface area contributed by atoms with Crippen LogP contribution in [-0.4, -0.2) is 9.97 Å². The SMILES string of the molecule is Cc1[nH]c(=O)c(I)cc1-c1ccncc1. The van der Waals surface area contributed by atoms with Gasteiger partial charge in [-0.3, -0.25) is 9.78 Å². The minimum Gasteiger partial charge on any atom is -0.325 e. The molecule has 0 fully saturated rings. The van der Waals surface area contributed by atoms with Crippen molar-refractivity contribution >= 4 is 22.6 Å². The minimum absolute atomic E-state index is 0.0362. The standard InChI is InChI=1S/C11H9IN2O/c1-7-9(6-10(12)11(15)14-7)8-2-4-13-5-3-8/h2-6H,1H3,(H,14,15). The summed E-state index contributed by atoms with van der Waals surface area (Å²) in [7, 11) is 0. The van der Waals surface area contributed by atoms with Gasteiger partial charge in [0.2, 0.25) is 0 Å². The third-order valence-electron chi connectivity index (χ3n) is 2.18. The Labute approximate surface area is 101 Å². The number of hydrogen-bond donors (Lipinski definition) is 1. The van der Waals surface area contributed by atoms with E-state index >= 15 is 0 Å². The molecule has 0 radical (unpaired) electrons. The lowest BCUT2D eigenvalue weighted by atomic mass is 10.1. The number of nitrogens with zero attached hydrogens (tertiary/aromatic N) is 1. The van der Waals surface area contributed by atoms with Crippen molar-refractivity contribution in [2.24, 2.45) is 0 Å². The van der Waals surface area contributed by atoms with Gasteiger partial charge in [-0.05, 0) is 53.3 Å². The average Bonchev–Trinajstić information content (AvgIpc) is 2.25. The quantitative estimate of drug-likeness (QED) is 0.822. The Balaban J connectivity index is 2.64. The van der Waals surface area contributed by atoms with Gasteiger partial charge in [-0.1, -0.05) is 0 Å². The highest BCUT2D eigenvalue weighted by molar-refractivity contribution is 14.1. The largest absolute Gasteiger partial charge is 0.325 e. The summed E-state index contributed by atoms with van der Waals surface area (Å²) in [6, 6.07) is 5.75. The maximum atomic E-state index is 11.3. The summed E-state index contributed by atoms with van der Waals surface area (Å²) in [4.78, 5) is 18.1. The monoisotopic (exact) mass is 312 g/mol. The second-order valence-electron chi connectivity index (χ2n) is 3.22. The lowest BCUT2D eigenvalue weighted by Crippen LogP contribution is -2.11. The van der Waals surface area contributed by atoms with Crippen molar-refractivity contribution in [1.29, 1.82) is 0 Å². The molecule has 0 saturated heterocycles. The van der Waals surface area contributed by atoms with Gasteiger partial charge < -0.3 is 4.98 Å². The van der Waals surface area contributed by atoms with Gasteiger partial charge in [0, 0.05) is 23.7 Å². The molecule has 0 aliphatic carbocycles. The van der Waals surface area contributed by atoms with Gasteiger partial charge in [0.15, 0.2) is 0 Å². The molecule has 3 nitrogen and oxygen atoms in total. The number of halogens is 1. The van der Waals surface area contributed by atoms with Crippen LogP contribution in [0, 0.1) is 10.5 Å². The Morgan fingerprint density at radius 2 is 2.00 bits per heavy atom. The highest BCUT2D eigenvalue weighted by Gasteiger charge is 2.05. The third kappa shape index (κ3) is 2.09. The van der Waals surface area contributed by atoms with E-state index in [1.54, 1.807) is 12.4 Å².